The maximum atomic E-state index is 11.7. The van der Waals surface area contributed by atoms with Crippen molar-refractivity contribution in [2.75, 3.05) is 5.32 Å². The van der Waals surface area contributed by atoms with E-state index in [0.717, 1.165) is 10.4 Å². The van der Waals surface area contributed by atoms with Gasteiger partial charge in [-0.05, 0) is 25.3 Å². The van der Waals surface area contributed by atoms with Crippen LogP contribution >= 0.6 is 11.3 Å². The van der Waals surface area contributed by atoms with Gasteiger partial charge in [0.1, 0.15) is 5.00 Å². The first kappa shape index (κ1) is 16.2. The fourth-order valence-electron chi connectivity index (χ4n) is 1.94. The van der Waals surface area contributed by atoms with Gasteiger partial charge >= 0.3 is 5.97 Å². The van der Waals surface area contributed by atoms with Crippen LogP contribution in [0.1, 0.15) is 47.0 Å². The number of carbonyl (C=O) groups excluding carboxylic acids is 2. The monoisotopic (exact) mass is 298 g/mol. The Morgan fingerprint density at radius 3 is 2.45 bits per heavy atom. The van der Waals surface area contributed by atoms with E-state index < -0.39 is 11.9 Å². The predicted octanol–water partition coefficient (Wildman–Crippen LogP) is 1.91. The van der Waals surface area contributed by atoms with Crippen LogP contribution in [0.3, 0.4) is 0 Å². The summed E-state index contributed by atoms with van der Waals surface area (Å²) < 4.78 is 0. The minimum absolute atomic E-state index is 0.0558. The first-order chi connectivity index (χ1) is 9.36. The Bertz CT molecular complexity index is 537. The number of carboxylic acid groups (broad SMARTS) is 1. The van der Waals surface area contributed by atoms with Crippen LogP contribution in [0.15, 0.2) is 0 Å². The zero-order valence-electron chi connectivity index (χ0n) is 11.5. The summed E-state index contributed by atoms with van der Waals surface area (Å²) in [4.78, 5) is 34.6. The van der Waals surface area contributed by atoms with Crippen molar-refractivity contribution in [3.8, 4) is 0 Å². The van der Waals surface area contributed by atoms with Crippen LogP contribution < -0.4 is 11.1 Å². The molecule has 0 aliphatic rings. The smallest absolute Gasteiger partial charge is 0.303 e. The summed E-state index contributed by atoms with van der Waals surface area (Å²) in [5.41, 5.74) is 6.57. The summed E-state index contributed by atoms with van der Waals surface area (Å²) in [7, 11) is 0. The van der Waals surface area contributed by atoms with Crippen LogP contribution in [-0.2, 0) is 16.0 Å². The molecule has 0 aromatic carbocycles. The van der Waals surface area contributed by atoms with Gasteiger partial charge in [0.05, 0.1) is 5.56 Å². The molecule has 2 amide bonds. The van der Waals surface area contributed by atoms with E-state index in [-0.39, 0.29) is 25.2 Å². The van der Waals surface area contributed by atoms with Gasteiger partial charge in [0.2, 0.25) is 5.91 Å². The highest BCUT2D eigenvalue weighted by Crippen LogP contribution is 2.33. The fraction of sp³-hybridized carbons (Fsp3) is 0.462. The summed E-state index contributed by atoms with van der Waals surface area (Å²) in [5, 5.41) is 11.6. The van der Waals surface area contributed by atoms with Crippen molar-refractivity contribution in [3.05, 3.63) is 16.0 Å². The minimum Gasteiger partial charge on any atom is -0.481 e. The predicted molar refractivity (Wildman–Crippen MR) is 77.1 cm³/mol. The molecule has 20 heavy (non-hydrogen) atoms. The summed E-state index contributed by atoms with van der Waals surface area (Å²) in [6, 6.07) is 0. The highest BCUT2D eigenvalue weighted by molar-refractivity contribution is 7.16. The topological polar surface area (TPSA) is 109 Å². The lowest BCUT2D eigenvalue weighted by Crippen LogP contribution is -2.17. The second-order valence-electron chi connectivity index (χ2n) is 4.35. The molecule has 0 fully saturated rings. The number of carbonyl (C=O) groups is 3. The number of thiophene rings is 1. The molecule has 1 rings (SSSR count). The molecule has 0 unspecified atom stereocenters. The molecule has 0 radical (unpaired) electrons. The number of hydrogen-bond acceptors (Lipinski definition) is 4. The molecule has 4 N–H and O–H groups in total. The third-order valence-corrected chi connectivity index (χ3v) is 3.92. The van der Waals surface area contributed by atoms with E-state index in [0.29, 0.717) is 17.0 Å². The van der Waals surface area contributed by atoms with Gasteiger partial charge in [0.15, 0.2) is 0 Å². The third-order valence-electron chi connectivity index (χ3n) is 2.86. The Balaban J connectivity index is 2.79. The quantitative estimate of drug-likeness (QED) is 0.714. The molecule has 7 heteroatoms. The molecule has 0 saturated carbocycles. The molecule has 0 aliphatic carbocycles. The van der Waals surface area contributed by atoms with E-state index in [9.17, 15) is 14.4 Å². The zero-order valence-corrected chi connectivity index (χ0v) is 12.3. The zero-order chi connectivity index (χ0) is 15.3. The number of rotatable bonds is 7. The van der Waals surface area contributed by atoms with E-state index in [1.54, 1.807) is 0 Å². The summed E-state index contributed by atoms with van der Waals surface area (Å²) in [6.45, 7) is 3.79. The lowest BCUT2D eigenvalue weighted by Gasteiger charge is -2.05. The number of nitrogens with two attached hydrogens (primary N) is 1. The van der Waals surface area contributed by atoms with Crippen molar-refractivity contribution in [3.63, 3.8) is 0 Å². The van der Waals surface area contributed by atoms with Gasteiger partial charge in [-0.2, -0.15) is 0 Å². The number of nitrogens with one attached hydrogen (secondary N) is 1. The van der Waals surface area contributed by atoms with Crippen molar-refractivity contribution < 1.29 is 19.5 Å². The fourth-order valence-corrected chi connectivity index (χ4v) is 3.11. The van der Waals surface area contributed by atoms with E-state index in [4.69, 9.17) is 10.8 Å². The van der Waals surface area contributed by atoms with E-state index in [1.165, 1.54) is 11.3 Å². The summed E-state index contributed by atoms with van der Waals surface area (Å²) >= 11 is 1.31. The third kappa shape index (κ3) is 4.06. The van der Waals surface area contributed by atoms with Gasteiger partial charge in [0, 0.05) is 17.7 Å². The number of carboxylic acids is 1. The number of amides is 2. The number of primary amides is 1. The van der Waals surface area contributed by atoms with Crippen LogP contribution in [0.2, 0.25) is 0 Å². The summed E-state index contributed by atoms with van der Waals surface area (Å²) in [6.07, 6.45) is 0.968. The van der Waals surface area contributed by atoms with Gasteiger partial charge in [-0.15, -0.1) is 11.3 Å². The van der Waals surface area contributed by atoms with Crippen LogP contribution in [0.25, 0.3) is 0 Å². The van der Waals surface area contributed by atoms with Crippen molar-refractivity contribution in [2.45, 2.75) is 39.5 Å². The SMILES string of the molecule is CCc1c(C)sc(NC(=O)CCCC(=O)O)c1C(N)=O. The largest absolute Gasteiger partial charge is 0.481 e. The molecule has 0 aliphatic heterocycles. The second kappa shape index (κ2) is 7.04. The molecule has 1 aromatic rings. The number of aliphatic carboxylic acids is 1. The van der Waals surface area contributed by atoms with Crippen molar-refractivity contribution in [1.82, 2.24) is 0 Å². The summed E-state index contributed by atoms with van der Waals surface area (Å²) in [5.74, 6) is -1.81. The van der Waals surface area contributed by atoms with Gasteiger partial charge in [0.25, 0.3) is 5.91 Å². The highest BCUT2D eigenvalue weighted by Gasteiger charge is 2.20. The Morgan fingerprint density at radius 2 is 1.95 bits per heavy atom. The molecule has 1 heterocycles. The Kier molecular flexibility index (Phi) is 5.69. The van der Waals surface area contributed by atoms with Crippen LogP contribution in [0.5, 0.6) is 0 Å². The first-order valence-corrected chi connectivity index (χ1v) is 7.12. The molecule has 0 atom stereocenters. The van der Waals surface area contributed by atoms with Crippen LogP contribution in [-0.4, -0.2) is 22.9 Å². The number of anilines is 1. The molecule has 110 valence electrons. The molecule has 0 saturated heterocycles. The lowest BCUT2D eigenvalue weighted by molar-refractivity contribution is -0.137. The molecular formula is C13H18N2O4S. The molecule has 1 aromatic heterocycles. The standard InChI is InChI=1S/C13H18N2O4S/c1-3-8-7(2)20-13(11(8)12(14)19)15-9(16)5-4-6-10(17)18/h3-6H2,1-2H3,(H2,14,19)(H,15,16)(H,17,18). The maximum Gasteiger partial charge on any atom is 0.303 e. The Hall–Kier alpha value is -1.89. The second-order valence-corrected chi connectivity index (χ2v) is 5.58. The lowest BCUT2D eigenvalue weighted by atomic mass is 10.1. The van der Waals surface area contributed by atoms with Crippen LogP contribution in [0, 0.1) is 6.92 Å². The minimum atomic E-state index is -0.934. The van der Waals surface area contributed by atoms with Gasteiger partial charge in [-0.3, -0.25) is 14.4 Å². The first-order valence-electron chi connectivity index (χ1n) is 6.30. The average molecular weight is 298 g/mol. The molecule has 0 bridgehead atoms. The van der Waals surface area contributed by atoms with E-state index in [1.807, 2.05) is 13.8 Å². The number of hydrogen-bond donors (Lipinski definition) is 3. The van der Waals surface area contributed by atoms with Gasteiger partial charge in [-0.1, -0.05) is 6.92 Å². The van der Waals surface area contributed by atoms with E-state index in [2.05, 4.69) is 5.32 Å². The van der Waals surface area contributed by atoms with Crippen molar-refractivity contribution in [2.24, 2.45) is 5.73 Å². The number of aryl methyl sites for hydroxylation is 1. The Labute approximate surface area is 121 Å². The Morgan fingerprint density at radius 1 is 1.30 bits per heavy atom. The van der Waals surface area contributed by atoms with Crippen LogP contribution in [0.4, 0.5) is 5.00 Å². The molecule has 0 spiro atoms. The maximum absolute atomic E-state index is 11.7. The van der Waals surface area contributed by atoms with Crippen molar-refractivity contribution in [1.29, 1.82) is 0 Å². The van der Waals surface area contributed by atoms with E-state index >= 15 is 0 Å². The van der Waals surface area contributed by atoms with Crippen molar-refractivity contribution >= 4 is 34.1 Å². The molecular weight excluding hydrogens is 280 g/mol. The molecule has 6 nitrogen and oxygen atoms in total. The normalized spacial score (nSPS) is 10.3. The highest BCUT2D eigenvalue weighted by atomic mass is 32.1. The van der Waals surface area contributed by atoms with Gasteiger partial charge < -0.3 is 16.2 Å². The average Bonchev–Trinajstić information content (AvgIpc) is 2.64. The van der Waals surface area contributed by atoms with Gasteiger partial charge in [-0.25, -0.2) is 0 Å².